The third kappa shape index (κ3) is 2.05. The zero-order chi connectivity index (χ0) is 18.2. The lowest BCUT2D eigenvalue weighted by atomic mass is 9.46. The van der Waals surface area contributed by atoms with Crippen molar-refractivity contribution in [2.45, 2.75) is 59.2 Å². The van der Waals surface area contributed by atoms with Gasteiger partial charge in [0, 0.05) is 23.3 Å². The molecular weight excluding hydrogens is 304 g/mol. The summed E-state index contributed by atoms with van der Waals surface area (Å²) >= 11 is 0. The Labute approximate surface area is 143 Å². The molecular formula is C20H28O4. The molecule has 0 spiro atoms. The second-order valence-electron chi connectivity index (χ2n) is 8.70. The van der Waals surface area contributed by atoms with E-state index in [1.54, 1.807) is 13.0 Å². The maximum atomic E-state index is 13.0. The van der Waals surface area contributed by atoms with E-state index in [1.165, 1.54) is 6.92 Å². The average Bonchev–Trinajstić information content (AvgIpc) is 2.46. The maximum Gasteiger partial charge on any atom is 0.190 e. The lowest BCUT2D eigenvalue weighted by molar-refractivity contribution is -0.170. The molecule has 1 fully saturated rings. The predicted molar refractivity (Wildman–Crippen MR) is 91.1 cm³/mol. The first kappa shape index (κ1) is 17.6. The third-order valence-corrected chi connectivity index (χ3v) is 6.48. The van der Waals surface area contributed by atoms with Gasteiger partial charge in [0.2, 0.25) is 0 Å². The van der Waals surface area contributed by atoms with Crippen molar-refractivity contribution >= 4 is 11.6 Å². The summed E-state index contributed by atoms with van der Waals surface area (Å²) in [6.45, 7) is 11.2. The van der Waals surface area contributed by atoms with Gasteiger partial charge < -0.3 is 10.2 Å². The van der Waals surface area contributed by atoms with Gasteiger partial charge in [-0.05, 0) is 38.2 Å². The second-order valence-corrected chi connectivity index (χ2v) is 8.70. The molecule has 0 aromatic carbocycles. The second kappa shape index (κ2) is 5.12. The highest BCUT2D eigenvalue weighted by molar-refractivity contribution is 6.08. The van der Waals surface area contributed by atoms with Crippen LogP contribution in [0.25, 0.3) is 0 Å². The van der Waals surface area contributed by atoms with E-state index in [2.05, 4.69) is 13.8 Å². The van der Waals surface area contributed by atoms with Crippen LogP contribution < -0.4 is 0 Å². The number of rotatable bonds is 2. The van der Waals surface area contributed by atoms with Crippen LogP contribution in [0.2, 0.25) is 0 Å². The van der Waals surface area contributed by atoms with Crippen molar-refractivity contribution in [3.8, 4) is 0 Å². The van der Waals surface area contributed by atoms with Gasteiger partial charge in [0.25, 0.3) is 0 Å². The van der Waals surface area contributed by atoms with Crippen molar-refractivity contribution in [1.82, 2.24) is 0 Å². The topological polar surface area (TPSA) is 74.6 Å². The van der Waals surface area contributed by atoms with Gasteiger partial charge in [0.15, 0.2) is 11.6 Å². The molecule has 0 aromatic rings. The Balaban J connectivity index is 2.32. The van der Waals surface area contributed by atoms with Gasteiger partial charge in [-0.25, -0.2) is 0 Å². The number of hydrogen-bond donors (Lipinski definition) is 2. The summed E-state index contributed by atoms with van der Waals surface area (Å²) in [4.78, 5) is 25.6. The van der Waals surface area contributed by atoms with Gasteiger partial charge >= 0.3 is 0 Å². The van der Waals surface area contributed by atoms with Crippen molar-refractivity contribution < 1.29 is 19.8 Å². The molecule has 0 aromatic heterocycles. The number of fused-ring (bicyclic) bond motifs is 2. The predicted octanol–water partition coefficient (Wildman–Crippen LogP) is 2.44. The van der Waals surface area contributed by atoms with E-state index in [9.17, 15) is 19.8 Å². The molecule has 0 aliphatic heterocycles. The Bertz CT molecular complexity index is 676. The number of hydrogen-bond acceptors (Lipinski definition) is 4. The molecule has 0 amide bonds. The van der Waals surface area contributed by atoms with Crippen LogP contribution in [0.5, 0.6) is 0 Å². The Morgan fingerprint density at radius 1 is 1.04 bits per heavy atom. The van der Waals surface area contributed by atoms with Crippen LogP contribution in [-0.2, 0) is 9.59 Å². The maximum absolute atomic E-state index is 13.0. The molecule has 24 heavy (non-hydrogen) atoms. The molecule has 132 valence electrons. The van der Waals surface area contributed by atoms with Crippen LogP contribution in [0, 0.1) is 29.6 Å². The molecule has 1 saturated carbocycles. The summed E-state index contributed by atoms with van der Waals surface area (Å²) < 4.78 is 0. The molecule has 0 heterocycles. The summed E-state index contributed by atoms with van der Waals surface area (Å²) in [6, 6.07) is 0. The van der Waals surface area contributed by atoms with E-state index in [1.807, 2.05) is 13.8 Å². The quantitative estimate of drug-likeness (QED) is 0.814. The largest absolute Gasteiger partial charge is 0.382 e. The lowest BCUT2D eigenvalue weighted by Crippen LogP contribution is -2.66. The Morgan fingerprint density at radius 2 is 1.62 bits per heavy atom. The normalized spacial score (nSPS) is 42.1. The number of Topliss-reactive ketones (excluding diaryl/α,β-unsaturated/α-hetero) is 1. The monoisotopic (exact) mass is 332 g/mol. The molecule has 0 saturated heterocycles. The number of allylic oxidation sites excluding steroid dienone is 2. The SMILES string of the molecule is CC(C)C1=CC(=O)[C@](C)(O)[C@H]2[C@H]1C1=C(C(C)C)C[C@@H]2[C@@](C)(O)C1=O. The first-order chi connectivity index (χ1) is 10.9. The van der Waals surface area contributed by atoms with E-state index in [4.69, 9.17) is 0 Å². The third-order valence-electron chi connectivity index (χ3n) is 6.48. The standard InChI is InChI=1S/C20H28O4/c1-9(2)11-7-13-17-15(16(11)18(22)19(13,5)23)12(10(3)4)8-14(21)20(17,6)24/h8-10,13,15,17,23-24H,7H2,1-6H3/t13-,15+,17+,19+,20-/m0/s1. The van der Waals surface area contributed by atoms with Crippen molar-refractivity contribution in [1.29, 1.82) is 0 Å². The number of carbonyl (C=O) groups is 2. The summed E-state index contributed by atoms with van der Waals surface area (Å²) in [6.07, 6.45) is 2.11. The Kier molecular flexibility index (Phi) is 3.75. The number of ketones is 2. The lowest BCUT2D eigenvalue weighted by Gasteiger charge is -2.58. The molecule has 0 unspecified atom stereocenters. The molecule has 2 bridgehead atoms. The van der Waals surface area contributed by atoms with Gasteiger partial charge in [-0.3, -0.25) is 9.59 Å². The summed E-state index contributed by atoms with van der Waals surface area (Å²) in [5.41, 5.74) is -0.423. The van der Waals surface area contributed by atoms with E-state index in [0.29, 0.717) is 12.0 Å². The summed E-state index contributed by atoms with van der Waals surface area (Å²) in [5, 5.41) is 21.9. The zero-order valence-corrected chi connectivity index (χ0v) is 15.4. The number of carbonyl (C=O) groups excluding carboxylic acids is 2. The fourth-order valence-electron chi connectivity index (χ4n) is 5.08. The summed E-state index contributed by atoms with van der Waals surface area (Å²) in [5.74, 6) is -1.36. The van der Waals surface area contributed by atoms with Crippen LogP contribution in [0.3, 0.4) is 0 Å². The van der Waals surface area contributed by atoms with Crippen molar-refractivity contribution in [3.63, 3.8) is 0 Å². The van der Waals surface area contributed by atoms with E-state index >= 15 is 0 Å². The first-order valence-electron chi connectivity index (χ1n) is 8.90. The minimum Gasteiger partial charge on any atom is -0.382 e. The van der Waals surface area contributed by atoms with Crippen LogP contribution in [0.15, 0.2) is 22.8 Å². The highest BCUT2D eigenvalue weighted by atomic mass is 16.3. The highest BCUT2D eigenvalue weighted by Crippen LogP contribution is 2.60. The molecule has 4 heteroatoms. The molecule has 4 aliphatic rings. The first-order valence-corrected chi connectivity index (χ1v) is 8.90. The van der Waals surface area contributed by atoms with Crippen LogP contribution in [0.4, 0.5) is 0 Å². The highest BCUT2D eigenvalue weighted by Gasteiger charge is 2.65. The van der Waals surface area contributed by atoms with Gasteiger partial charge in [0.1, 0.15) is 11.2 Å². The smallest absolute Gasteiger partial charge is 0.190 e. The van der Waals surface area contributed by atoms with Crippen LogP contribution >= 0.6 is 0 Å². The fraction of sp³-hybridized carbons (Fsp3) is 0.700. The molecule has 2 N–H and O–H groups in total. The van der Waals surface area contributed by atoms with Crippen molar-refractivity contribution in [3.05, 3.63) is 22.8 Å². The summed E-state index contributed by atoms with van der Waals surface area (Å²) in [7, 11) is 0. The van der Waals surface area contributed by atoms with Crippen LogP contribution in [0.1, 0.15) is 48.0 Å². The minimum absolute atomic E-state index is 0.107. The van der Waals surface area contributed by atoms with Gasteiger partial charge in [-0.15, -0.1) is 0 Å². The molecule has 4 nitrogen and oxygen atoms in total. The molecule has 4 aliphatic carbocycles. The Morgan fingerprint density at radius 3 is 2.12 bits per heavy atom. The van der Waals surface area contributed by atoms with E-state index < -0.39 is 23.0 Å². The van der Waals surface area contributed by atoms with Gasteiger partial charge in [-0.1, -0.05) is 38.8 Å². The van der Waals surface area contributed by atoms with E-state index in [0.717, 1.165) is 11.1 Å². The van der Waals surface area contributed by atoms with Crippen molar-refractivity contribution in [2.75, 3.05) is 0 Å². The number of aliphatic hydroxyl groups is 2. The van der Waals surface area contributed by atoms with Gasteiger partial charge in [-0.2, -0.15) is 0 Å². The zero-order valence-electron chi connectivity index (χ0n) is 15.4. The fourth-order valence-corrected chi connectivity index (χ4v) is 5.08. The van der Waals surface area contributed by atoms with Gasteiger partial charge in [0.05, 0.1) is 0 Å². The average molecular weight is 332 g/mol. The molecule has 5 atom stereocenters. The molecule has 4 rings (SSSR count). The van der Waals surface area contributed by atoms with Crippen LogP contribution in [-0.4, -0.2) is 33.0 Å². The van der Waals surface area contributed by atoms with E-state index in [-0.39, 0.29) is 29.3 Å². The minimum atomic E-state index is -1.55. The Hall–Kier alpha value is -1.26. The molecule has 0 radical (unpaired) electrons. The van der Waals surface area contributed by atoms with Crippen molar-refractivity contribution in [2.24, 2.45) is 29.6 Å².